The van der Waals surface area contributed by atoms with Crippen LogP contribution >= 0.6 is 11.3 Å². The predicted octanol–water partition coefficient (Wildman–Crippen LogP) is 2.61. The quantitative estimate of drug-likeness (QED) is 0.800. The number of amides is 2. The van der Waals surface area contributed by atoms with Crippen LogP contribution in [0.2, 0.25) is 0 Å². The maximum absolute atomic E-state index is 12.8. The number of carbonyl (C=O) groups is 2. The Bertz CT molecular complexity index is 806. The Morgan fingerprint density at radius 1 is 1.08 bits per heavy atom. The van der Waals surface area contributed by atoms with Crippen LogP contribution in [0.25, 0.3) is 10.4 Å². The highest BCUT2D eigenvalue weighted by molar-refractivity contribution is 7.17. The second kappa shape index (κ2) is 5.94. The first-order valence-corrected chi connectivity index (χ1v) is 8.85. The maximum Gasteiger partial charge on any atom is 0.264 e. The monoisotopic (exact) mass is 342 g/mol. The molecular weight excluding hydrogens is 324 g/mol. The van der Waals surface area contributed by atoms with E-state index in [1.54, 1.807) is 11.8 Å². The Balaban J connectivity index is 1.56. The van der Waals surface area contributed by atoms with E-state index >= 15 is 0 Å². The van der Waals surface area contributed by atoms with Gasteiger partial charge in [-0.1, -0.05) is 12.1 Å². The largest absolute Gasteiger partial charge is 0.488 e. The van der Waals surface area contributed by atoms with Crippen LogP contribution in [-0.2, 0) is 11.4 Å². The van der Waals surface area contributed by atoms with Gasteiger partial charge in [-0.15, -0.1) is 11.3 Å². The van der Waals surface area contributed by atoms with Gasteiger partial charge in [0.05, 0.1) is 4.88 Å². The lowest BCUT2D eigenvalue weighted by Gasteiger charge is -2.33. The van der Waals surface area contributed by atoms with E-state index < -0.39 is 0 Å². The first-order chi connectivity index (χ1) is 11.6. The molecule has 0 aliphatic carbocycles. The van der Waals surface area contributed by atoms with Gasteiger partial charge in [0.1, 0.15) is 12.4 Å². The topological polar surface area (TPSA) is 49.9 Å². The van der Waals surface area contributed by atoms with Gasteiger partial charge in [-0.25, -0.2) is 0 Å². The van der Waals surface area contributed by atoms with E-state index in [0.29, 0.717) is 32.8 Å². The van der Waals surface area contributed by atoms with Gasteiger partial charge in [-0.05, 0) is 18.2 Å². The second-order valence-corrected chi connectivity index (χ2v) is 7.10. The van der Waals surface area contributed by atoms with Gasteiger partial charge in [-0.2, -0.15) is 0 Å². The lowest BCUT2D eigenvalue weighted by molar-refractivity contribution is -0.130. The number of fused-ring (bicyclic) bond motifs is 3. The molecule has 0 radical (unpaired) electrons. The SMILES string of the molecule is CC(=O)N1CCN(C(=O)c2cc3c(s2)-c2ccccc2OC3)CC1. The van der Waals surface area contributed by atoms with E-state index in [2.05, 4.69) is 0 Å². The molecule has 1 fully saturated rings. The zero-order chi connectivity index (χ0) is 16.7. The number of ether oxygens (including phenoxy) is 1. The van der Waals surface area contributed by atoms with Crippen molar-refractivity contribution >= 4 is 23.2 Å². The van der Waals surface area contributed by atoms with Crippen molar-refractivity contribution in [3.05, 3.63) is 40.8 Å². The van der Waals surface area contributed by atoms with Gasteiger partial charge in [0.15, 0.2) is 0 Å². The first kappa shape index (κ1) is 15.2. The Kier molecular flexibility index (Phi) is 3.76. The smallest absolute Gasteiger partial charge is 0.264 e. The summed E-state index contributed by atoms with van der Waals surface area (Å²) in [7, 11) is 0. The van der Waals surface area contributed by atoms with Crippen molar-refractivity contribution in [2.45, 2.75) is 13.5 Å². The third-order valence-corrected chi connectivity index (χ3v) is 5.75. The van der Waals surface area contributed by atoms with E-state index in [9.17, 15) is 9.59 Å². The van der Waals surface area contributed by atoms with E-state index in [1.165, 1.54) is 11.3 Å². The minimum atomic E-state index is 0.0510. The minimum Gasteiger partial charge on any atom is -0.488 e. The Labute approximate surface area is 144 Å². The predicted molar refractivity (Wildman–Crippen MR) is 92.2 cm³/mol. The summed E-state index contributed by atoms with van der Waals surface area (Å²) in [5.41, 5.74) is 2.13. The molecule has 1 saturated heterocycles. The van der Waals surface area contributed by atoms with Crippen LogP contribution in [0.5, 0.6) is 5.75 Å². The lowest BCUT2D eigenvalue weighted by atomic mass is 10.1. The summed E-state index contributed by atoms with van der Waals surface area (Å²) in [6, 6.07) is 9.89. The summed E-state index contributed by atoms with van der Waals surface area (Å²) < 4.78 is 5.77. The molecule has 1 aromatic carbocycles. The van der Waals surface area contributed by atoms with Crippen molar-refractivity contribution in [1.29, 1.82) is 0 Å². The molecule has 6 heteroatoms. The van der Waals surface area contributed by atoms with Crippen LogP contribution in [0.3, 0.4) is 0 Å². The van der Waals surface area contributed by atoms with E-state index in [4.69, 9.17) is 4.74 Å². The van der Waals surface area contributed by atoms with Gasteiger partial charge < -0.3 is 14.5 Å². The first-order valence-electron chi connectivity index (χ1n) is 8.03. The number of carbonyl (C=O) groups excluding carboxylic acids is 2. The number of nitrogens with zero attached hydrogens (tertiary/aromatic N) is 2. The van der Waals surface area contributed by atoms with Crippen LogP contribution < -0.4 is 4.74 Å². The Morgan fingerprint density at radius 2 is 1.79 bits per heavy atom. The zero-order valence-electron chi connectivity index (χ0n) is 13.4. The molecular formula is C18H18N2O3S. The third kappa shape index (κ3) is 2.57. The number of thiophene rings is 1. The fraction of sp³-hybridized carbons (Fsp3) is 0.333. The zero-order valence-corrected chi connectivity index (χ0v) is 14.3. The molecule has 0 bridgehead atoms. The average Bonchev–Trinajstić information content (AvgIpc) is 3.06. The fourth-order valence-corrected chi connectivity index (χ4v) is 4.35. The number of rotatable bonds is 1. The summed E-state index contributed by atoms with van der Waals surface area (Å²) in [5, 5.41) is 0. The van der Waals surface area contributed by atoms with Crippen molar-refractivity contribution in [1.82, 2.24) is 9.80 Å². The Morgan fingerprint density at radius 3 is 2.54 bits per heavy atom. The normalized spacial score (nSPS) is 16.2. The van der Waals surface area contributed by atoms with Crippen LogP contribution in [0.1, 0.15) is 22.2 Å². The molecule has 0 unspecified atom stereocenters. The summed E-state index contributed by atoms with van der Waals surface area (Å²) in [6.07, 6.45) is 0. The minimum absolute atomic E-state index is 0.0510. The molecule has 0 N–H and O–H groups in total. The number of piperazine rings is 1. The van der Waals surface area contributed by atoms with Gasteiger partial charge in [0.25, 0.3) is 5.91 Å². The highest BCUT2D eigenvalue weighted by atomic mass is 32.1. The molecule has 5 nitrogen and oxygen atoms in total. The summed E-state index contributed by atoms with van der Waals surface area (Å²) in [5.74, 6) is 0.999. The van der Waals surface area contributed by atoms with Crippen molar-refractivity contribution < 1.29 is 14.3 Å². The maximum atomic E-state index is 12.8. The molecule has 0 spiro atoms. The highest BCUT2D eigenvalue weighted by Gasteiger charge is 2.27. The lowest BCUT2D eigenvalue weighted by Crippen LogP contribution is -2.49. The molecule has 24 heavy (non-hydrogen) atoms. The molecule has 124 valence electrons. The number of benzene rings is 1. The van der Waals surface area contributed by atoms with E-state index in [0.717, 1.165) is 26.6 Å². The number of hydrogen-bond acceptors (Lipinski definition) is 4. The third-order valence-electron chi connectivity index (χ3n) is 4.55. The molecule has 3 heterocycles. The summed E-state index contributed by atoms with van der Waals surface area (Å²) in [4.78, 5) is 29.7. The fourth-order valence-electron chi connectivity index (χ4n) is 3.19. The Hall–Kier alpha value is -2.34. The van der Waals surface area contributed by atoms with Crippen LogP contribution in [-0.4, -0.2) is 47.8 Å². The van der Waals surface area contributed by atoms with Crippen LogP contribution in [0.15, 0.2) is 30.3 Å². The molecule has 2 amide bonds. The van der Waals surface area contributed by atoms with Crippen molar-refractivity contribution in [3.8, 4) is 16.2 Å². The highest BCUT2D eigenvalue weighted by Crippen LogP contribution is 2.42. The van der Waals surface area contributed by atoms with Crippen molar-refractivity contribution in [2.75, 3.05) is 26.2 Å². The van der Waals surface area contributed by atoms with E-state index in [1.807, 2.05) is 35.2 Å². The van der Waals surface area contributed by atoms with Crippen LogP contribution in [0.4, 0.5) is 0 Å². The van der Waals surface area contributed by atoms with Crippen molar-refractivity contribution in [2.24, 2.45) is 0 Å². The molecule has 2 aliphatic heterocycles. The van der Waals surface area contributed by atoms with Gasteiger partial charge in [0, 0.05) is 49.1 Å². The van der Waals surface area contributed by atoms with Gasteiger partial charge in [-0.3, -0.25) is 9.59 Å². The molecule has 1 aromatic heterocycles. The summed E-state index contributed by atoms with van der Waals surface area (Å²) >= 11 is 1.54. The van der Waals surface area contributed by atoms with Crippen LogP contribution in [0, 0.1) is 0 Å². The van der Waals surface area contributed by atoms with E-state index in [-0.39, 0.29) is 11.8 Å². The molecule has 2 aromatic rings. The standard InChI is InChI=1S/C18H18N2O3S/c1-12(21)19-6-8-20(9-7-19)18(22)16-10-13-11-23-15-5-3-2-4-14(15)17(13)24-16/h2-5,10H,6-9,11H2,1H3. The number of hydrogen-bond donors (Lipinski definition) is 0. The molecule has 0 atom stereocenters. The average molecular weight is 342 g/mol. The second-order valence-electron chi connectivity index (χ2n) is 6.05. The number of para-hydroxylation sites is 1. The van der Waals surface area contributed by atoms with Gasteiger partial charge >= 0.3 is 0 Å². The molecule has 4 rings (SSSR count). The molecule has 2 aliphatic rings. The summed E-state index contributed by atoms with van der Waals surface area (Å²) in [6.45, 7) is 4.48. The van der Waals surface area contributed by atoms with Crippen molar-refractivity contribution in [3.63, 3.8) is 0 Å². The molecule has 0 saturated carbocycles. The van der Waals surface area contributed by atoms with Gasteiger partial charge in [0.2, 0.25) is 5.91 Å².